The van der Waals surface area contributed by atoms with Gasteiger partial charge in [-0.1, -0.05) is 13.8 Å². The van der Waals surface area contributed by atoms with Gasteiger partial charge in [0.15, 0.2) is 0 Å². The first kappa shape index (κ1) is 22.3. The van der Waals surface area contributed by atoms with Gasteiger partial charge in [-0.25, -0.2) is 9.37 Å². The second kappa shape index (κ2) is 11.8. The van der Waals surface area contributed by atoms with E-state index in [1.807, 2.05) is 13.0 Å². The molecule has 4 nitrogen and oxygen atoms in total. The third-order valence-electron chi connectivity index (χ3n) is 4.22. The van der Waals surface area contributed by atoms with Crippen molar-refractivity contribution in [3.63, 3.8) is 0 Å². The van der Waals surface area contributed by atoms with E-state index in [0.717, 1.165) is 43.7 Å². The summed E-state index contributed by atoms with van der Waals surface area (Å²) in [6.45, 7) is 10.3. The van der Waals surface area contributed by atoms with Crippen molar-refractivity contribution >= 4 is 12.4 Å². The Morgan fingerprint density at radius 3 is 2.35 bits per heavy atom. The Morgan fingerprint density at radius 1 is 1.00 bits per heavy atom. The van der Waals surface area contributed by atoms with Crippen LogP contribution in [0.4, 0.5) is 4.39 Å². The zero-order chi connectivity index (χ0) is 18.1. The summed E-state index contributed by atoms with van der Waals surface area (Å²) in [6.07, 6.45) is 3.34. The molecule has 2 aromatic rings. The van der Waals surface area contributed by atoms with Gasteiger partial charge < -0.3 is 9.64 Å². The lowest BCUT2D eigenvalue weighted by Crippen LogP contribution is -2.23. The number of halogens is 2. The fraction of sp³-hybridized carbons (Fsp3) is 0.500. The minimum absolute atomic E-state index is 0. The third kappa shape index (κ3) is 7.26. The molecule has 0 amide bonds. The zero-order valence-electron chi connectivity index (χ0n) is 15.9. The number of rotatable bonds is 10. The highest BCUT2D eigenvalue weighted by molar-refractivity contribution is 5.85. The normalized spacial score (nSPS) is 10.7. The summed E-state index contributed by atoms with van der Waals surface area (Å²) in [5, 5.41) is 0. The first-order chi connectivity index (χ1) is 12.1. The smallest absolute Gasteiger partial charge is 0.217 e. The van der Waals surface area contributed by atoms with Crippen LogP contribution in [0.1, 0.15) is 38.9 Å². The Balaban J connectivity index is 0.00000338. The Labute approximate surface area is 162 Å². The Kier molecular flexibility index (Phi) is 10.1. The van der Waals surface area contributed by atoms with Gasteiger partial charge in [0.25, 0.3) is 0 Å². The molecule has 0 radical (unpaired) electrons. The van der Waals surface area contributed by atoms with Gasteiger partial charge in [-0.3, -0.25) is 0 Å². The number of hydrogen-bond acceptors (Lipinski definition) is 4. The molecule has 0 atom stereocenters. The lowest BCUT2D eigenvalue weighted by molar-refractivity contribution is 0.272. The lowest BCUT2D eigenvalue weighted by atomic mass is 10.1. The summed E-state index contributed by atoms with van der Waals surface area (Å²) in [5.74, 6) is 0.977. The van der Waals surface area contributed by atoms with Crippen LogP contribution in [0.5, 0.6) is 5.88 Å². The highest BCUT2D eigenvalue weighted by atomic mass is 35.5. The molecule has 0 aliphatic carbocycles. The molecule has 0 aliphatic heterocycles. The predicted molar refractivity (Wildman–Crippen MR) is 107 cm³/mol. The van der Waals surface area contributed by atoms with Gasteiger partial charge in [-0.15, -0.1) is 12.4 Å². The molecule has 0 saturated heterocycles. The molecule has 1 heterocycles. The molecule has 0 fully saturated rings. The van der Waals surface area contributed by atoms with Crippen molar-refractivity contribution in [2.24, 2.45) is 0 Å². The number of aryl methyl sites for hydroxylation is 1. The van der Waals surface area contributed by atoms with E-state index < -0.39 is 0 Å². The zero-order valence-corrected chi connectivity index (χ0v) is 16.7. The highest BCUT2D eigenvalue weighted by Gasteiger charge is 2.06. The largest absolute Gasteiger partial charge is 0.478 e. The minimum atomic E-state index is -0.254. The van der Waals surface area contributed by atoms with Crippen molar-refractivity contribution in [3.8, 4) is 17.1 Å². The Morgan fingerprint density at radius 2 is 1.69 bits per heavy atom. The monoisotopic (exact) mass is 381 g/mol. The number of ether oxygens (including phenoxy) is 1. The predicted octanol–water partition coefficient (Wildman–Crippen LogP) is 4.90. The van der Waals surface area contributed by atoms with Crippen molar-refractivity contribution in [2.45, 2.75) is 40.0 Å². The van der Waals surface area contributed by atoms with E-state index in [-0.39, 0.29) is 18.2 Å². The second-order valence-corrected chi connectivity index (χ2v) is 6.08. The van der Waals surface area contributed by atoms with Gasteiger partial charge in [0, 0.05) is 11.6 Å². The fourth-order valence-electron chi connectivity index (χ4n) is 2.71. The summed E-state index contributed by atoms with van der Waals surface area (Å²) >= 11 is 0. The van der Waals surface area contributed by atoms with Gasteiger partial charge in [0.1, 0.15) is 11.6 Å². The van der Waals surface area contributed by atoms with E-state index in [9.17, 15) is 4.39 Å². The minimum Gasteiger partial charge on any atom is -0.478 e. The number of unbranched alkanes of at least 4 members (excludes halogenated alkanes) is 2. The molecule has 1 aromatic heterocycles. The van der Waals surface area contributed by atoms with Crippen LogP contribution in [0.2, 0.25) is 0 Å². The first-order valence-electron chi connectivity index (χ1n) is 9.09. The van der Waals surface area contributed by atoms with Crippen LogP contribution in [0.15, 0.2) is 30.3 Å². The Bertz CT molecular complexity index is 648. The van der Waals surface area contributed by atoms with Crippen molar-refractivity contribution in [3.05, 3.63) is 42.0 Å². The number of nitrogens with zero attached hydrogens (tertiary/aromatic N) is 3. The molecule has 1 aromatic carbocycles. The van der Waals surface area contributed by atoms with Gasteiger partial charge in [-0.05, 0) is 70.1 Å². The van der Waals surface area contributed by atoms with Gasteiger partial charge in [-0.2, -0.15) is 4.98 Å². The molecule has 0 N–H and O–H groups in total. The maximum atomic E-state index is 13.1. The van der Waals surface area contributed by atoms with Crippen molar-refractivity contribution in [1.29, 1.82) is 0 Å². The molecule has 0 bridgehead atoms. The van der Waals surface area contributed by atoms with Gasteiger partial charge in [0.05, 0.1) is 12.3 Å². The summed E-state index contributed by atoms with van der Waals surface area (Å²) in [4.78, 5) is 11.2. The standard InChI is InChI=1S/C20H28FN3O.ClH/c1-4-24(5-2)13-7-6-8-14-25-20-15-19(22-16(3)23-20)17-9-11-18(21)12-10-17;/h9-12,15H,4-8,13-14H2,1-3H3;1H. The molecule has 2 rings (SSSR count). The summed E-state index contributed by atoms with van der Waals surface area (Å²) in [6, 6.07) is 8.12. The quantitative estimate of drug-likeness (QED) is 0.548. The van der Waals surface area contributed by atoms with Crippen molar-refractivity contribution in [2.75, 3.05) is 26.2 Å². The van der Waals surface area contributed by atoms with E-state index >= 15 is 0 Å². The Hall–Kier alpha value is -1.72. The van der Waals surface area contributed by atoms with Crippen LogP contribution < -0.4 is 4.74 Å². The SMILES string of the molecule is CCN(CC)CCCCCOc1cc(-c2ccc(F)cc2)nc(C)n1.Cl. The molecular weight excluding hydrogens is 353 g/mol. The average molecular weight is 382 g/mol. The number of benzene rings is 1. The average Bonchev–Trinajstić information content (AvgIpc) is 2.61. The molecule has 0 unspecified atom stereocenters. The molecule has 144 valence electrons. The molecule has 0 saturated carbocycles. The number of aromatic nitrogens is 2. The van der Waals surface area contributed by atoms with Crippen LogP contribution in [0.3, 0.4) is 0 Å². The molecular formula is C20H29ClFN3O. The number of hydrogen-bond donors (Lipinski definition) is 0. The van der Waals surface area contributed by atoms with E-state index in [4.69, 9.17) is 4.74 Å². The lowest BCUT2D eigenvalue weighted by Gasteiger charge is -2.17. The van der Waals surface area contributed by atoms with Crippen LogP contribution in [-0.2, 0) is 0 Å². The summed E-state index contributed by atoms with van der Waals surface area (Å²) in [7, 11) is 0. The van der Waals surface area contributed by atoms with Crippen molar-refractivity contribution < 1.29 is 9.13 Å². The fourth-order valence-corrected chi connectivity index (χ4v) is 2.71. The summed E-state index contributed by atoms with van der Waals surface area (Å²) < 4.78 is 18.9. The topological polar surface area (TPSA) is 38.2 Å². The van der Waals surface area contributed by atoms with Crippen LogP contribution in [0, 0.1) is 12.7 Å². The molecule has 0 spiro atoms. The summed E-state index contributed by atoms with van der Waals surface area (Å²) in [5.41, 5.74) is 1.61. The van der Waals surface area contributed by atoms with E-state index in [0.29, 0.717) is 18.3 Å². The molecule has 0 aliphatic rings. The van der Waals surface area contributed by atoms with E-state index in [2.05, 4.69) is 28.7 Å². The van der Waals surface area contributed by atoms with Crippen LogP contribution in [-0.4, -0.2) is 41.1 Å². The van der Waals surface area contributed by atoms with E-state index in [1.54, 1.807) is 12.1 Å². The van der Waals surface area contributed by atoms with Crippen molar-refractivity contribution in [1.82, 2.24) is 14.9 Å². The van der Waals surface area contributed by atoms with Crippen LogP contribution in [0.25, 0.3) is 11.3 Å². The van der Waals surface area contributed by atoms with Gasteiger partial charge in [0.2, 0.25) is 5.88 Å². The third-order valence-corrected chi connectivity index (χ3v) is 4.22. The van der Waals surface area contributed by atoms with Gasteiger partial charge >= 0.3 is 0 Å². The van der Waals surface area contributed by atoms with E-state index in [1.165, 1.54) is 18.6 Å². The maximum absolute atomic E-state index is 13.1. The second-order valence-electron chi connectivity index (χ2n) is 6.08. The highest BCUT2D eigenvalue weighted by Crippen LogP contribution is 2.21. The molecule has 26 heavy (non-hydrogen) atoms. The van der Waals surface area contributed by atoms with Crippen LogP contribution >= 0.6 is 12.4 Å². The maximum Gasteiger partial charge on any atom is 0.217 e. The first-order valence-corrected chi connectivity index (χ1v) is 9.09. The molecule has 6 heteroatoms.